The van der Waals surface area contributed by atoms with Gasteiger partial charge >= 0.3 is 0 Å². The summed E-state index contributed by atoms with van der Waals surface area (Å²) in [6.07, 6.45) is 0. The molecule has 1 aromatic carbocycles. The standard InChI is InChI=1S/C15H19ClN2O3.ClH/c1-9(11-7-17-8-11)15(19)18-6-10-4-12(16)14-13(5-10)20-2-3-21-14;/h4-5,9,11,17H,2-3,6-8H2,1H3,(H,18,19);1H. The van der Waals surface area contributed by atoms with Crippen LogP contribution in [-0.2, 0) is 11.3 Å². The van der Waals surface area contributed by atoms with Crippen LogP contribution < -0.4 is 20.1 Å². The summed E-state index contributed by atoms with van der Waals surface area (Å²) in [5.41, 5.74) is 0.913. The van der Waals surface area contributed by atoms with Crippen molar-refractivity contribution in [2.45, 2.75) is 13.5 Å². The molecule has 5 nitrogen and oxygen atoms in total. The molecule has 0 aliphatic carbocycles. The van der Waals surface area contributed by atoms with Gasteiger partial charge in [0.2, 0.25) is 5.91 Å². The molecule has 0 saturated carbocycles. The van der Waals surface area contributed by atoms with Crippen LogP contribution in [0.3, 0.4) is 0 Å². The van der Waals surface area contributed by atoms with Crippen molar-refractivity contribution in [1.82, 2.24) is 10.6 Å². The van der Waals surface area contributed by atoms with Crippen LogP contribution in [0.2, 0.25) is 5.02 Å². The van der Waals surface area contributed by atoms with Gasteiger partial charge in [-0.2, -0.15) is 0 Å². The number of amides is 1. The van der Waals surface area contributed by atoms with Crippen LogP contribution in [0, 0.1) is 11.8 Å². The van der Waals surface area contributed by atoms with E-state index in [0.29, 0.717) is 42.2 Å². The van der Waals surface area contributed by atoms with E-state index in [0.717, 1.165) is 18.7 Å². The molecule has 0 aromatic heterocycles. The summed E-state index contributed by atoms with van der Waals surface area (Å²) < 4.78 is 11.0. The Kier molecular flexibility index (Phi) is 5.78. The molecule has 1 amide bonds. The third kappa shape index (κ3) is 3.59. The highest BCUT2D eigenvalue weighted by atomic mass is 35.5. The SMILES string of the molecule is CC(C(=O)NCc1cc(Cl)c2c(c1)OCCO2)C1CNC1.Cl. The Morgan fingerprint density at radius 3 is 2.82 bits per heavy atom. The molecule has 2 heterocycles. The van der Waals surface area contributed by atoms with Crippen molar-refractivity contribution < 1.29 is 14.3 Å². The Morgan fingerprint density at radius 1 is 1.41 bits per heavy atom. The average molecular weight is 347 g/mol. The minimum atomic E-state index is 0. The van der Waals surface area contributed by atoms with Gasteiger partial charge in [0.1, 0.15) is 13.2 Å². The van der Waals surface area contributed by atoms with Crippen LogP contribution in [0.5, 0.6) is 11.5 Å². The average Bonchev–Trinajstić information content (AvgIpc) is 2.43. The first-order valence-electron chi connectivity index (χ1n) is 7.21. The van der Waals surface area contributed by atoms with E-state index in [9.17, 15) is 4.79 Å². The topological polar surface area (TPSA) is 59.6 Å². The van der Waals surface area contributed by atoms with Crippen LogP contribution in [0.1, 0.15) is 12.5 Å². The lowest BCUT2D eigenvalue weighted by molar-refractivity contribution is -0.126. The van der Waals surface area contributed by atoms with E-state index in [2.05, 4.69) is 10.6 Å². The van der Waals surface area contributed by atoms with Crippen LogP contribution in [0.25, 0.3) is 0 Å². The van der Waals surface area contributed by atoms with Crippen molar-refractivity contribution >= 4 is 29.9 Å². The predicted octanol–water partition coefficient (Wildman–Crippen LogP) is 2.00. The highest BCUT2D eigenvalue weighted by molar-refractivity contribution is 6.32. The molecule has 1 fully saturated rings. The fourth-order valence-electron chi connectivity index (χ4n) is 2.50. The minimum Gasteiger partial charge on any atom is -0.486 e. The molecule has 7 heteroatoms. The second kappa shape index (κ2) is 7.40. The summed E-state index contributed by atoms with van der Waals surface area (Å²) in [7, 11) is 0. The lowest BCUT2D eigenvalue weighted by atomic mass is 9.88. The first-order valence-corrected chi connectivity index (χ1v) is 7.59. The molecule has 1 aromatic rings. The number of hydrogen-bond acceptors (Lipinski definition) is 4. The van der Waals surface area contributed by atoms with E-state index in [1.807, 2.05) is 19.1 Å². The fourth-order valence-corrected chi connectivity index (χ4v) is 2.78. The first-order chi connectivity index (χ1) is 10.1. The van der Waals surface area contributed by atoms with Crippen LogP contribution >= 0.6 is 24.0 Å². The van der Waals surface area contributed by atoms with Gasteiger partial charge in [-0.05, 0) is 36.7 Å². The molecule has 0 radical (unpaired) electrons. The van der Waals surface area contributed by atoms with E-state index in [1.165, 1.54) is 0 Å². The number of carbonyl (C=O) groups is 1. The van der Waals surface area contributed by atoms with E-state index in [4.69, 9.17) is 21.1 Å². The molecule has 0 spiro atoms. The number of benzene rings is 1. The number of halogens is 2. The quantitative estimate of drug-likeness (QED) is 0.875. The van der Waals surface area contributed by atoms with Gasteiger partial charge in [0.25, 0.3) is 0 Å². The number of rotatable bonds is 4. The Balaban J connectivity index is 0.00000176. The molecule has 3 rings (SSSR count). The third-order valence-corrected chi connectivity index (χ3v) is 4.34. The normalized spacial score (nSPS) is 17.9. The maximum Gasteiger partial charge on any atom is 0.223 e. The Bertz CT molecular complexity index is 550. The largest absolute Gasteiger partial charge is 0.486 e. The number of ether oxygens (including phenoxy) is 2. The van der Waals surface area contributed by atoms with Gasteiger partial charge in [0, 0.05) is 12.5 Å². The van der Waals surface area contributed by atoms with Gasteiger partial charge in [-0.3, -0.25) is 4.79 Å². The van der Waals surface area contributed by atoms with Crippen LogP contribution in [0.15, 0.2) is 12.1 Å². The van der Waals surface area contributed by atoms with Gasteiger partial charge in [-0.25, -0.2) is 0 Å². The summed E-state index contributed by atoms with van der Waals surface area (Å²) >= 11 is 6.18. The zero-order chi connectivity index (χ0) is 14.8. The maximum atomic E-state index is 12.1. The summed E-state index contributed by atoms with van der Waals surface area (Å²) in [6, 6.07) is 3.68. The number of fused-ring (bicyclic) bond motifs is 1. The highest BCUT2D eigenvalue weighted by Crippen LogP contribution is 2.38. The second-order valence-corrected chi connectivity index (χ2v) is 5.93. The number of carbonyl (C=O) groups excluding carboxylic acids is 1. The zero-order valence-electron chi connectivity index (χ0n) is 12.4. The molecule has 1 unspecified atom stereocenters. The second-order valence-electron chi connectivity index (χ2n) is 5.53. The molecule has 1 atom stereocenters. The van der Waals surface area contributed by atoms with Crippen molar-refractivity contribution in [3.05, 3.63) is 22.7 Å². The summed E-state index contributed by atoms with van der Waals surface area (Å²) in [4.78, 5) is 12.1. The Labute approximate surface area is 141 Å². The molecule has 22 heavy (non-hydrogen) atoms. The van der Waals surface area contributed by atoms with E-state index in [-0.39, 0.29) is 24.2 Å². The van der Waals surface area contributed by atoms with Gasteiger partial charge in [0.15, 0.2) is 11.5 Å². The van der Waals surface area contributed by atoms with Crippen molar-refractivity contribution in [2.75, 3.05) is 26.3 Å². The first kappa shape index (κ1) is 17.2. The summed E-state index contributed by atoms with van der Waals surface area (Å²) in [6.45, 7) is 5.28. The zero-order valence-corrected chi connectivity index (χ0v) is 13.9. The van der Waals surface area contributed by atoms with Crippen molar-refractivity contribution in [3.8, 4) is 11.5 Å². The van der Waals surface area contributed by atoms with Gasteiger partial charge in [-0.15, -0.1) is 12.4 Å². The lowest BCUT2D eigenvalue weighted by Crippen LogP contribution is -2.49. The smallest absolute Gasteiger partial charge is 0.223 e. The van der Waals surface area contributed by atoms with Crippen LogP contribution in [0.4, 0.5) is 0 Å². The van der Waals surface area contributed by atoms with Crippen molar-refractivity contribution in [2.24, 2.45) is 11.8 Å². The fraction of sp³-hybridized carbons (Fsp3) is 0.533. The number of nitrogens with one attached hydrogen (secondary N) is 2. The maximum absolute atomic E-state index is 12.1. The minimum absolute atomic E-state index is 0. The third-order valence-electron chi connectivity index (χ3n) is 4.06. The molecular formula is C15H20Cl2N2O3. The van der Waals surface area contributed by atoms with Crippen LogP contribution in [-0.4, -0.2) is 32.2 Å². The Morgan fingerprint density at radius 2 is 2.14 bits per heavy atom. The molecular weight excluding hydrogens is 327 g/mol. The Hall–Kier alpha value is -1.17. The molecule has 2 aliphatic heterocycles. The van der Waals surface area contributed by atoms with E-state index < -0.39 is 0 Å². The van der Waals surface area contributed by atoms with Crippen molar-refractivity contribution in [1.29, 1.82) is 0 Å². The predicted molar refractivity (Wildman–Crippen MR) is 87.1 cm³/mol. The van der Waals surface area contributed by atoms with Gasteiger partial charge in [-0.1, -0.05) is 18.5 Å². The van der Waals surface area contributed by atoms with E-state index in [1.54, 1.807) is 0 Å². The molecule has 2 aliphatic rings. The molecule has 122 valence electrons. The van der Waals surface area contributed by atoms with E-state index >= 15 is 0 Å². The van der Waals surface area contributed by atoms with Gasteiger partial charge in [0.05, 0.1) is 5.02 Å². The van der Waals surface area contributed by atoms with Crippen molar-refractivity contribution in [3.63, 3.8) is 0 Å². The highest BCUT2D eigenvalue weighted by Gasteiger charge is 2.28. The monoisotopic (exact) mass is 346 g/mol. The summed E-state index contributed by atoms with van der Waals surface area (Å²) in [5.74, 6) is 1.78. The lowest BCUT2D eigenvalue weighted by Gasteiger charge is -2.31. The molecule has 2 N–H and O–H groups in total. The summed E-state index contributed by atoms with van der Waals surface area (Å²) in [5, 5.41) is 6.67. The number of hydrogen-bond donors (Lipinski definition) is 2. The molecule has 0 bridgehead atoms. The van der Waals surface area contributed by atoms with Gasteiger partial charge < -0.3 is 20.1 Å². The molecule has 1 saturated heterocycles.